The van der Waals surface area contributed by atoms with Crippen molar-refractivity contribution in [1.29, 1.82) is 0 Å². The molecule has 0 saturated carbocycles. The lowest BCUT2D eigenvalue weighted by Crippen LogP contribution is -2.40. The number of aromatic nitrogens is 4. The largest absolute Gasteiger partial charge is 0.333 e. The molecule has 0 bridgehead atoms. The van der Waals surface area contributed by atoms with E-state index in [9.17, 15) is 9.59 Å². The van der Waals surface area contributed by atoms with Crippen LogP contribution in [0.15, 0.2) is 53.9 Å². The zero-order chi connectivity index (χ0) is 14.7. The molecule has 2 aromatic heterocycles. The summed E-state index contributed by atoms with van der Waals surface area (Å²) in [5, 5.41) is 0. The van der Waals surface area contributed by atoms with Gasteiger partial charge in [0, 0.05) is 19.6 Å². The van der Waals surface area contributed by atoms with Gasteiger partial charge >= 0.3 is 5.69 Å². The minimum atomic E-state index is -0.411. The van der Waals surface area contributed by atoms with Crippen LogP contribution in [-0.4, -0.2) is 18.7 Å². The number of hydrogen-bond donors (Lipinski definition) is 0. The minimum absolute atomic E-state index is 0.157. The van der Waals surface area contributed by atoms with E-state index in [2.05, 4.69) is 24.7 Å². The van der Waals surface area contributed by atoms with Gasteiger partial charge in [-0.2, -0.15) is 0 Å². The molecule has 6 heteroatoms. The van der Waals surface area contributed by atoms with Crippen LogP contribution in [0.3, 0.4) is 0 Å². The van der Waals surface area contributed by atoms with Crippen molar-refractivity contribution >= 4 is 11.2 Å². The number of nitrogens with zero attached hydrogens (tertiary/aromatic N) is 4. The van der Waals surface area contributed by atoms with E-state index in [0.717, 1.165) is 4.57 Å². The first kappa shape index (κ1) is 13.8. The molecular weight excluding hydrogens is 256 g/mol. The van der Waals surface area contributed by atoms with Gasteiger partial charge in [0.05, 0.1) is 6.33 Å². The monoisotopic (exact) mass is 272 g/mol. The molecule has 0 aliphatic carbocycles. The Bertz CT molecular complexity index is 792. The molecule has 6 nitrogen and oxygen atoms in total. The van der Waals surface area contributed by atoms with Gasteiger partial charge in [0.15, 0.2) is 11.2 Å². The fourth-order valence-electron chi connectivity index (χ4n) is 2.10. The van der Waals surface area contributed by atoms with Crippen molar-refractivity contribution in [3.63, 3.8) is 0 Å². The van der Waals surface area contributed by atoms with Gasteiger partial charge in [-0.3, -0.25) is 13.9 Å². The van der Waals surface area contributed by atoms with Gasteiger partial charge in [-0.05, 0) is 0 Å². The topological polar surface area (TPSA) is 61.8 Å². The second-order valence-electron chi connectivity index (χ2n) is 4.24. The molecule has 2 heterocycles. The Kier molecular flexibility index (Phi) is 3.84. The van der Waals surface area contributed by atoms with Crippen LogP contribution in [0.2, 0.25) is 0 Å². The molecule has 2 rings (SSSR count). The third-order valence-electron chi connectivity index (χ3n) is 2.93. The number of fused-ring (bicyclic) bond motifs is 1. The van der Waals surface area contributed by atoms with E-state index in [1.165, 1.54) is 17.0 Å². The Morgan fingerprint density at radius 3 is 2.20 bits per heavy atom. The summed E-state index contributed by atoms with van der Waals surface area (Å²) in [4.78, 5) is 28.9. The average molecular weight is 272 g/mol. The SMILES string of the molecule is C=CCn1c(=O)c2c(ncn2CC=C)n(CC=C)c1=O. The van der Waals surface area contributed by atoms with Crippen LogP contribution >= 0.6 is 0 Å². The molecule has 0 aliphatic rings. The van der Waals surface area contributed by atoms with Gasteiger partial charge in [-0.25, -0.2) is 9.78 Å². The molecule has 2 aromatic rings. The Morgan fingerprint density at radius 1 is 1.00 bits per heavy atom. The highest BCUT2D eigenvalue weighted by atomic mass is 16.2. The molecule has 0 atom stereocenters. The van der Waals surface area contributed by atoms with Crippen LogP contribution in [0.1, 0.15) is 0 Å². The van der Waals surface area contributed by atoms with Crippen LogP contribution in [0.25, 0.3) is 11.2 Å². The molecule has 0 aliphatic heterocycles. The highest BCUT2D eigenvalue weighted by Gasteiger charge is 2.16. The Balaban J connectivity index is 2.92. The quantitative estimate of drug-likeness (QED) is 0.735. The lowest BCUT2D eigenvalue weighted by Gasteiger charge is -2.09. The lowest BCUT2D eigenvalue weighted by molar-refractivity contribution is 0.643. The van der Waals surface area contributed by atoms with E-state index in [-0.39, 0.29) is 18.6 Å². The maximum absolute atomic E-state index is 12.4. The van der Waals surface area contributed by atoms with Crippen molar-refractivity contribution in [3.8, 4) is 0 Å². The molecule has 0 N–H and O–H groups in total. The number of imidazole rings is 1. The molecule has 0 fully saturated rings. The first-order chi connectivity index (χ1) is 9.65. The maximum Gasteiger partial charge on any atom is 0.333 e. The summed E-state index contributed by atoms with van der Waals surface area (Å²) in [5.41, 5.74) is -0.0361. The molecule has 0 amide bonds. The third-order valence-corrected chi connectivity index (χ3v) is 2.93. The second kappa shape index (κ2) is 5.56. The summed E-state index contributed by atoms with van der Waals surface area (Å²) in [6, 6.07) is 0. The molecule has 0 spiro atoms. The molecule has 0 radical (unpaired) electrons. The number of rotatable bonds is 6. The third kappa shape index (κ3) is 2.05. The highest BCUT2D eigenvalue weighted by Crippen LogP contribution is 2.07. The standard InChI is InChI=1S/C14H16N4O2/c1-4-7-16-10-15-12-11(16)13(19)18(9-6-3)14(20)17(12)8-5-2/h4-6,10H,1-3,7-9H2. The van der Waals surface area contributed by atoms with E-state index in [1.54, 1.807) is 16.7 Å². The first-order valence-electron chi connectivity index (χ1n) is 6.16. The highest BCUT2D eigenvalue weighted by molar-refractivity contribution is 5.70. The van der Waals surface area contributed by atoms with Crippen molar-refractivity contribution in [3.05, 3.63) is 65.1 Å². The lowest BCUT2D eigenvalue weighted by atomic mass is 10.4. The second-order valence-corrected chi connectivity index (χ2v) is 4.24. The molecule has 0 aromatic carbocycles. The molecular formula is C14H16N4O2. The van der Waals surface area contributed by atoms with Gasteiger partial charge < -0.3 is 4.57 Å². The summed E-state index contributed by atoms with van der Waals surface area (Å²) in [6.07, 6.45) is 6.31. The fourth-order valence-corrected chi connectivity index (χ4v) is 2.10. The smallest absolute Gasteiger partial charge is 0.321 e. The van der Waals surface area contributed by atoms with E-state index < -0.39 is 5.69 Å². The van der Waals surface area contributed by atoms with Gasteiger partial charge in [0.1, 0.15) is 0 Å². The van der Waals surface area contributed by atoms with Crippen LogP contribution in [0.4, 0.5) is 0 Å². The molecule has 0 saturated heterocycles. The van der Waals surface area contributed by atoms with E-state index in [4.69, 9.17) is 0 Å². The first-order valence-corrected chi connectivity index (χ1v) is 6.16. The van der Waals surface area contributed by atoms with Crippen molar-refractivity contribution in [2.45, 2.75) is 19.6 Å². The predicted octanol–water partition coefficient (Wildman–Crippen LogP) is 0.918. The van der Waals surface area contributed by atoms with E-state index in [1.807, 2.05) is 0 Å². The Morgan fingerprint density at radius 2 is 1.60 bits per heavy atom. The zero-order valence-electron chi connectivity index (χ0n) is 11.2. The fraction of sp³-hybridized carbons (Fsp3) is 0.214. The van der Waals surface area contributed by atoms with Gasteiger partial charge in [0.25, 0.3) is 5.56 Å². The van der Waals surface area contributed by atoms with Crippen LogP contribution in [-0.2, 0) is 19.6 Å². The average Bonchev–Trinajstić information content (AvgIpc) is 2.84. The summed E-state index contributed by atoms with van der Waals surface area (Å²) in [7, 11) is 0. The normalized spacial score (nSPS) is 10.6. The van der Waals surface area contributed by atoms with Crippen LogP contribution < -0.4 is 11.2 Å². The number of hydrogen-bond acceptors (Lipinski definition) is 3. The Labute approximate surface area is 115 Å². The molecule has 104 valence electrons. The van der Waals surface area contributed by atoms with Gasteiger partial charge in [0.2, 0.25) is 0 Å². The van der Waals surface area contributed by atoms with Crippen molar-refractivity contribution < 1.29 is 0 Å². The van der Waals surface area contributed by atoms with Crippen molar-refractivity contribution in [2.24, 2.45) is 0 Å². The summed E-state index contributed by atoms with van der Waals surface area (Å²) < 4.78 is 4.23. The van der Waals surface area contributed by atoms with Crippen molar-refractivity contribution in [1.82, 2.24) is 18.7 Å². The summed E-state index contributed by atoms with van der Waals surface area (Å²) in [5.74, 6) is 0. The number of allylic oxidation sites excluding steroid dienone is 3. The maximum atomic E-state index is 12.4. The van der Waals surface area contributed by atoms with E-state index >= 15 is 0 Å². The minimum Gasteiger partial charge on any atom is -0.321 e. The zero-order valence-corrected chi connectivity index (χ0v) is 11.2. The van der Waals surface area contributed by atoms with Crippen LogP contribution in [0, 0.1) is 0 Å². The predicted molar refractivity (Wildman–Crippen MR) is 78.8 cm³/mol. The van der Waals surface area contributed by atoms with E-state index in [0.29, 0.717) is 17.7 Å². The Hall–Kier alpha value is -2.63. The summed E-state index contributed by atoms with van der Waals surface area (Å²) >= 11 is 0. The molecule has 0 unspecified atom stereocenters. The van der Waals surface area contributed by atoms with Crippen LogP contribution in [0.5, 0.6) is 0 Å². The summed E-state index contributed by atoms with van der Waals surface area (Å²) in [6.45, 7) is 11.7. The van der Waals surface area contributed by atoms with Gasteiger partial charge in [-0.15, -0.1) is 19.7 Å². The van der Waals surface area contributed by atoms with Gasteiger partial charge in [-0.1, -0.05) is 18.2 Å². The molecule has 20 heavy (non-hydrogen) atoms. The van der Waals surface area contributed by atoms with Crippen molar-refractivity contribution in [2.75, 3.05) is 0 Å².